The first-order chi connectivity index (χ1) is 8.13. The lowest BCUT2D eigenvalue weighted by atomic mass is 10.1. The van der Waals surface area contributed by atoms with Crippen LogP contribution in [0.4, 0.5) is 4.39 Å². The molecular formula is C14H15FO2. The van der Waals surface area contributed by atoms with Gasteiger partial charge in [-0.2, -0.15) is 0 Å². The van der Waals surface area contributed by atoms with E-state index in [1.165, 1.54) is 13.2 Å². The third-order valence-electron chi connectivity index (χ3n) is 2.31. The Hall–Kier alpha value is -1.82. The fraction of sp³-hybridized carbons (Fsp3) is 0.357. The minimum absolute atomic E-state index is 0.229. The first-order valence-electron chi connectivity index (χ1n) is 5.45. The smallest absolute Gasteiger partial charge is 0.305 e. The van der Waals surface area contributed by atoms with Gasteiger partial charge in [0.15, 0.2) is 0 Å². The number of benzene rings is 1. The highest BCUT2D eigenvalue weighted by Crippen LogP contribution is 2.08. The topological polar surface area (TPSA) is 26.3 Å². The van der Waals surface area contributed by atoms with Crippen LogP contribution in [0.2, 0.25) is 0 Å². The van der Waals surface area contributed by atoms with Gasteiger partial charge in [0.1, 0.15) is 5.82 Å². The summed E-state index contributed by atoms with van der Waals surface area (Å²) < 4.78 is 17.7. The van der Waals surface area contributed by atoms with Crippen LogP contribution in [0.25, 0.3) is 0 Å². The van der Waals surface area contributed by atoms with E-state index in [0.29, 0.717) is 30.4 Å². The molecule has 1 aromatic carbocycles. The Balaban J connectivity index is 2.44. The average molecular weight is 234 g/mol. The maximum atomic E-state index is 13.2. The number of methoxy groups -OCH3 is 1. The number of rotatable bonds is 3. The van der Waals surface area contributed by atoms with E-state index in [4.69, 9.17) is 0 Å². The molecule has 0 atom stereocenters. The lowest BCUT2D eigenvalue weighted by Gasteiger charge is -1.96. The van der Waals surface area contributed by atoms with Crippen molar-refractivity contribution in [3.63, 3.8) is 0 Å². The first kappa shape index (κ1) is 13.2. The highest BCUT2D eigenvalue weighted by Gasteiger charge is 1.98. The number of esters is 1. The lowest BCUT2D eigenvalue weighted by Crippen LogP contribution is -1.98. The largest absolute Gasteiger partial charge is 0.469 e. The van der Waals surface area contributed by atoms with Crippen molar-refractivity contribution >= 4 is 5.97 Å². The van der Waals surface area contributed by atoms with Gasteiger partial charge in [-0.15, -0.1) is 0 Å². The summed E-state index contributed by atoms with van der Waals surface area (Å²) in [4.78, 5) is 10.8. The summed E-state index contributed by atoms with van der Waals surface area (Å²) in [5.41, 5.74) is 1.27. The molecule has 1 aromatic rings. The number of halogens is 1. The number of carbonyl (C=O) groups excluding carboxylic acids is 1. The van der Waals surface area contributed by atoms with Crippen molar-refractivity contribution in [2.45, 2.75) is 26.2 Å². The minimum atomic E-state index is -0.244. The van der Waals surface area contributed by atoms with Crippen molar-refractivity contribution in [1.29, 1.82) is 0 Å². The van der Waals surface area contributed by atoms with Crippen molar-refractivity contribution in [3.8, 4) is 11.8 Å². The molecule has 3 heteroatoms. The second-order valence-corrected chi connectivity index (χ2v) is 3.70. The highest BCUT2D eigenvalue weighted by atomic mass is 19.1. The maximum absolute atomic E-state index is 13.2. The maximum Gasteiger partial charge on any atom is 0.305 e. The quantitative estimate of drug-likeness (QED) is 0.456. The molecule has 0 aliphatic rings. The zero-order valence-electron chi connectivity index (χ0n) is 10.0. The second kappa shape index (κ2) is 6.70. The number of hydrogen-bond donors (Lipinski definition) is 0. The summed E-state index contributed by atoms with van der Waals surface area (Å²) in [5, 5.41) is 0. The van der Waals surface area contributed by atoms with Crippen LogP contribution >= 0.6 is 0 Å². The van der Waals surface area contributed by atoms with Gasteiger partial charge in [-0.25, -0.2) is 4.39 Å². The van der Waals surface area contributed by atoms with Crippen LogP contribution in [0.3, 0.4) is 0 Å². The van der Waals surface area contributed by atoms with Crippen LogP contribution in [0.15, 0.2) is 18.2 Å². The molecule has 1 rings (SSSR count). The van der Waals surface area contributed by atoms with Gasteiger partial charge in [0.05, 0.1) is 7.11 Å². The Morgan fingerprint density at radius 1 is 1.47 bits per heavy atom. The normalized spacial score (nSPS) is 9.35. The zero-order chi connectivity index (χ0) is 12.7. The number of aryl methyl sites for hydroxylation is 1. The zero-order valence-corrected chi connectivity index (χ0v) is 10.0. The van der Waals surface area contributed by atoms with Crippen LogP contribution in [0.5, 0.6) is 0 Å². The van der Waals surface area contributed by atoms with Gasteiger partial charge >= 0.3 is 5.97 Å². The standard InChI is InChI=1S/C14H15FO2/c1-11-8-9-12(10-13(11)15)6-4-3-5-7-14(16)17-2/h8-10H,3,5,7H2,1-2H3. The van der Waals surface area contributed by atoms with Crippen molar-refractivity contribution in [3.05, 3.63) is 35.1 Å². The Morgan fingerprint density at radius 3 is 2.88 bits per heavy atom. The van der Waals surface area contributed by atoms with E-state index >= 15 is 0 Å². The molecule has 0 heterocycles. The minimum Gasteiger partial charge on any atom is -0.469 e. The molecular weight excluding hydrogens is 219 g/mol. The van der Waals surface area contributed by atoms with Crippen LogP contribution in [0, 0.1) is 24.6 Å². The van der Waals surface area contributed by atoms with E-state index < -0.39 is 0 Å². The van der Waals surface area contributed by atoms with E-state index in [1.807, 2.05) is 0 Å². The SMILES string of the molecule is COC(=O)CCCC#Cc1ccc(C)c(F)c1. The Labute approximate surface area is 101 Å². The summed E-state index contributed by atoms with van der Waals surface area (Å²) in [6, 6.07) is 4.90. The molecule has 0 spiro atoms. The van der Waals surface area contributed by atoms with Crippen molar-refractivity contribution < 1.29 is 13.9 Å². The molecule has 0 unspecified atom stereocenters. The molecule has 0 radical (unpaired) electrons. The molecule has 0 saturated heterocycles. The molecule has 0 bridgehead atoms. The number of ether oxygens (including phenoxy) is 1. The third-order valence-corrected chi connectivity index (χ3v) is 2.31. The molecule has 0 fully saturated rings. The molecule has 0 amide bonds. The summed E-state index contributed by atoms with van der Waals surface area (Å²) >= 11 is 0. The number of carbonyl (C=O) groups is 1. The van der Waals surface area contributed by atoms with Crippen molar-refractivity contribution in [2.75, 3.05) is 7.11 Å². The Kier molecular flexibility index (Phi) is 5.22. The summed E-state index contributed by atoms with van der Waals surface area (Å²) in [5.74, 6) is 5.29. The summed E-state index contributed by atoms with van der Waals surface area (Å²) in [6.07, 6.45) is 1.63. The fourth-order valence-corrected chi connectivity index (χ4v) is 1.26. The molecule has 2 nitrogen and oxygen atoms in total. The van der Waals surface area contributed by atoms with E-state index in [2.05, 4.69) is 16.6 Å². The van der Waals surface area contributed by atoms with Gasteiger partial charge in [-0.3, -0.25) is 4.79 Å². The van der Waals surface area contributed by atoms with Crippen LogP contribution in [-0.2, 0) is 9.53 Å². The third kappa shape index (κ3) is 4.69. The van der Waals surface area contributed by atoms with Gasteiger partial charge in [0.25, 0.3) is 0 Å². The predicted molar refractivity (Wildman–Crippen MR) is 63.9 cm³/mol. The predicted octanol–water partition coefficient (Wildman–Crippen LogP) is 2.83. The Bertz CT molecular complexity index is 455. The molecule has 0 saturated carbocycles. The first-order valence-corrected chi connectivity index (χ1v) is 5.45. The fourth-order valence-electron chi connectivity index (χ4n) is 1.26. The van der Waals surface area contributed by atoms with Gasteiger partial charge in [0.2, 0.25) is 0 Å². The monoisotopic (exact) mass is 234 g/mol. The van der Waals surface area contributed by atoms with Crippen LogP contribution in [-0.4, -0.2) is 13.1 Å². The second-order valence-electron chi connectivity index (χ2n) is 3.70. The van der Waals surface area contributed by atoms with E-state index in [0.717, 1.165) is 0 Å². The van der Waals surface area contributed by atoms with Crippen LogP contribution in [0.1, 0.15) is 30.4 Å². The van der Waals surface area contributed by atoms with Crippen molar-refractivity contribution in [1.82, 2.24) is 0 Å². The molecule has 17 heavy (non-hydrogen) atoms. The van der Waals surface area contributed by atoms with E-state index in [9.17, 15) is 9.18 Å². The van der Waals surface area contributed by atoms with Crippen LogP contribution < -0.4 is 0 Å². The molecule has 0 N–H and O–H groups in total. The molecule has 90 valence electrons. The summed E-state index contributed by atoms with van der Waals surface area (Å²) in [6.45, 7) is 1.71. The van der Waals surface area contributed by atoms with Gasteiger partial charge in [-0.05, 0) is 31.0 Å². The summed E-state index contributed by atoms with van der Waals surface area (Å²) in [7, 11) is 1.36. The van der Waals surface area contributed by atoms with Gasteiger partial charge in [-0.1, -0.05) is 17.9 Å². The number of hydrogen-bond acceptors (Lipinski definition) is 2. The highest BCUT2D eigenvalue weighted by molar-refractivity contribution is 5.69. The molecule has 0 aliphatic carbocycles. The van der Waals surface area contributed by atoms with Gasteiger partial charge in [0, 0.05) is 18.4 Å². The molecule has 0 aliphatic heterocycles. The number of unbranched alkanes of at least 4 members (excludes halogenated alkanes) is 1. The average Bonchev–Trinajstić information content (AvgIpc) is 2.33. The van der Waals surface area contributed by atoms with E-state index in [1.54, 1.807) is 19.1 Å². The van der Waals surface area contributed by atoms with E-state index in [-0.39, 0.29) is 11.8 Å². The Morgan fingerprint density at radius 2 is 2.24 bits per heavy atom. The lowest BCUT2D eigenvalue weighted by molar-refractivity contribution is -0.140. The van der Waals surface area contributed by atoms with Crippen molar-refractivity contribution in [2.24, 2.45) is 0 Å². The van der Waals surface area contributed by atoms with Gasteiger partial charge < -0.3 is 4.74 Å². The molecule has 0 aromatic heterocycles.